The highest BCUT2D eigenvalue weighted by molar-refractivity contribution is 5.83. The number of ether oxygens (including phenoxy) is 1. The first-order valence-corrected chi connectivity index (χ1v) is 9.14. The van der Waals surface area contributed by atoms with Gasteiger partial charge in [0.15, 0.2) is 5.82 Å². The molecule has 136 valence electrons. The van der Waals surface area contributed by atoms with Crippen molar-refractivity contribution in [1.82, 2.24) is 15.0 Å². The summed E-state index contributed by atoms with van der Waals surface area (Å²) in [6.45, 7) is 1.23. The highest BCUT2D eigenvalue weighted by Gasteiger charge is 2.29. The third-order valence-corrected chi connectivity index (χ3v) is 5.03. The number of fused-ring (bicyclic) bond motifs is 1. The van der Waals surface area contributed by atoms with Gasteiger partial charge in [0.2, 0.25) is 0 Å². The van der Waals surface area contributed by atoms with E-state index in [-0.39, 0.29) is 0 Å². The number of aromatic nitrogens is 3. The number of nitrogens with one attached hydrogen (secondary N) is 2. The molecule has 6 heteroatoms. The molecule has 0 amide bonds. The largest absolute Gasteiger partial charge is 0.377 e. The van der Waals surface area contributed by atoms with Crippen molar-refractivity contribution in [2.75, 3.05) is 19.0 Å². The normalized spacial score (nSPS) is 19.5. The highest BCUT2D eigenvalue weighted by atomic mass is 16.5. The van der Waals surface area contributed by atoms with Gasteiger partial charge >= 0.3 is 0 Å². The minimum Gasteiger partial charge on any atom is -0.377 e. The molecule has 1 aliphatic carbocycles. The third-order valence-electron chi connectivity index (χ3n) is 5.03. The molecular formula is C20H25N5O. The Bertz CT molecular complexity index is 885. The number of hydrogen-bond acceptors (Lipinski definition) is 5. The number of anilines is 1. The number of H-pyrrole nitrogens is 1. The molecule has 0 bridgehead atoms. The number of benzene rings is 1. The Morgan fingerprint density at radius 3 is 2.92 bits per heavy atom. The van der Waals surface area contributed by atoms with Crippen molar-refractivity contribution in [2.45, 2.75) is 37.8 Å². The second-order valence-electron chi connectivity index (χ2n) is 6.99. The van der Waals surface area contributed by atoms with Gasteiger partial charge in [-0.05, 0) is 30.9 Å². The number of aromatic amines is 1. The van der Waals surface area contributed by atoms with Crippen molar-refractivity contribution in [3.63, 3.8) is 0 Å². The van der Waals surface area contributed by atoms with Gasteiger partial charge in [-0.3, -0.25) is 0 Å². The predicted octanol–water partition coefficient (Wildman–Crippen LogP) is 2.96. The summed E-state index contributed by atoms with van der Waals surface area (Å²) in [7, 11) is 1.67. The molecular weight excluding hydrogens is 326 g/mol. The Balaban J connectivity index is 1.45. The van der Waals surface area contributed by atoms with Gasteiger partial charge in [0.1, 0.15) is 12.4 Å². The van der Waals surface area contributed by atoms with Gasteiger partial charge in [0.25, 0.3) is 0 Å². The van der Waals surface area contributed by atoms with Crippen LogP contribution in [0.25, 0.3) is 10.9 Å². The second kappa shape index (κ2) is 7.43. The van der Waals surface area contributed by atoms with E-state index in [0.29, 0.717) is 18.6 Å². The zero-order valence-corrected chi connectivity index (χ0v) is 15.0. The summed E-state index contributed by atoms with van der Waals surface area (Å²) in [5, 5.41) is 4.73. The average Bonchev–Trinajstić information content (AvgIpc) is 3.02. The molecule has 1 aromatic carbocycles. The van der Waals surface area contributed by atoms with Gasteiger partial charge in [0, 0.05) is 54.5 Å². The van der Waals surface area contributed by atoms with Crippen LogP contribution >= 0.6 is 0 Å². The Kier molecular flexibility index (Phi) is 4.86. The summed E-state index contributed by atoms with van der Waals surface area (Å²) < 4.78 is 5.22. The van der Waals surface area contributed by atoms with Crippen LogP contribution < -0.4 is 11.1 Å². The van der Waals surface area contributed by atoms with Crippen LogP contribution in [0.1, 0.15) is 35.8 Å². The fourth-order valence-electron chi connectivity index (χ4n) is 3.58. The Labute approximate surface area is 153 Å². The highest BCUT2D eigenvalue weighted by Crippen LogP contribution is 2.35. The van der Waals surface area contributed by atoms with E-state index in [0.717, 1.165) is 43.1 Å². The number of hydrogen-bond donors (Lipinski definition) is 3. The Hall–Kier alpha value is -2.44. The molecule has 26 heavy (non-hydrogen) atoms. The van der Waals surface area contributed by atoms with Crippen molar-refractivity contribution in [2.24, 2.45) is 5.73 Å². The summed E-state index contributed by atoms with van der Waals surface area (Å²) >= 11 is 0. The standard InChI is InChI=1S/C20H25N5O/c1-26-12-20-24-18(14-8-15(21)9-14)10-19(25-20)22-7-6-13-11-23-17-5-3-2-4-16(13)17/h2-5,10-11,14-15,23H,6-9,12,21H2,1H3,(H,22,24,25). The van der Waals surface area contributed by atoms with E-state index >= 15 is 0 Å². The van der Waals surface area contributed by atoms with Crippen molar-refractivity contribution in [1.29, 1.82) is 0 Å². The number of methoxy groups -OCH3 is 1. The molecule has 0 saturated heterocycles. The molecule has 1 fully saturated rings. The summed E-state index contributed by atoms with van der Waals surface area (Å²) in [5.74, 6) is 2.03. The number of rotatable bonds is 7. The molecule has 0 atom stereocenters. The van der Waals surface area contributed by atoms with Crippen molar-refractivity contribution in [3.05, 3.63) is 53.6 Å². The minimum atomic E-state index is 0.305. The smallest absolute Gasteiger partial charge is 0.156 e. The van der Waals surface area contributed by atoms with E-state index in [1.54, 1.807) is 7.11 Å². The molecule has 2 heterocycles. The van der Waals surface area contributed by atoms with Crippen molar-refractivity contribution >= 4 is 16.7 Å². The molecule has 1 aliphatic rings. The molecule has 0 radical (unpaired) electrons. The van der Waals surface area contributed by atoms with E-state index in [4.69, 9.17) is 10.5 Å². The minimum absolute atomic E-state index is 0.305. The number of nitrogens with zero attached hydrogens (tertiary/aromatic N) is 2. The molecule has 0 unspecified atom stereocenters. The molecule has 2 aromatic heterocycles. The fraction of sp³-hybridized carbons (Fsp3) is 0.400. The first kappa shape index (κ1) is 17.0. The maximum atomic E-state index is 5.93. The number of nitrogens with two attached hydrogens (primary N) is 1. The predicted molar refractivity (Wildman–Crippen MR) is 103 cm³/mol. The van der Waals surface area contributed by atoms with Gasteiger partial charge < -0.3 is 20.8 Å². The zero-order valence-electron chi connectivity index (χ0n) is 15.0. The summed E-state index contributed by atoms with van der Waals surface area (Å²) in [6, 6.07) is 10.7. The van der Waals surface area contributed by atoms with Gasteiger partial charge in [-0.15, -0.1) is 0 Å². The molecule has 6 nitrogen and oxygen atoms in total. The van der Waals surface area contributed by atoms with Crippen LogP contribution in [0.15, 0.2) is 36.5 Å². The Morgan fingerprint density at radius 1 is 1.27 bits per heavy atom. The lowest BCUT2D eigenvalue weighted by molar-refractivity contribution is 0.177. The molecule has 0 aliphatic heterocycles. The van der Waals surface area contributed by atoms with Crippen LogP contribution in [0.4, 0.5) is 5.82 Å². The van der Waals surface area contributed by atoms with Crippen molar-refractivity contribution in [3.8, 4) is 0 Å². The Morgan fingerprint density at radius 2 is 2.12 bits per heavy atom. The van der Waals surface area contributed by atoms with Gasteiger partial charge in [-0.25, -0.2) is 9.97 Å². The molecule has 0 spiro atoms. The molecule has 4 N–H and O–H groups in total. The van der Waals surface area contributed by atoms with Crippen LogP contribution in [0.5, 0.6) is 0 Å². The SMILES string of the molecule is COCc1nc(NCCc2c[nH]c3ccccc23)cc(C2CC(N)C2)n1. The van der Waals surface area contributed by atoms with Crippen molar-refractivity contribution < 1.29 is 4.74 Å². The van der Waals surface area contributed by atoms with E-state index in [9.17, 15) is 0 Å². The zero-order chi connectivity index (χ0) is 17.9. The molecule has 1 saturated carbocycles. The maximum absolute atomic E-state index is 5.93. The maximum Gasteiger partial charge on any atom is 0.156 e. The summed E-state index contributed by atoms with van der Waals surface area (Å²) in [5.41, 5.74) is 9.49. The quantitative estimate of drug-likeness (QED) is 0.609. The van der Waals surface area contributed by atoms with E-state index in [1.807, 2.05) is 6.07 Å². The van der Waals surface area contributed by atoms with E-state index in [1.165, 1.54) is 16.5 Å². The number of para-hydroxylation sites is 1. The van der Waals surface area contributed by atoms with E-state index in [2.05, 4.69) is 50.7 Å². The van der Waals surface area contributed by atoms with Gasteiger partial charge in [-0.1, -0.05) is 18.2 Å². The van der Waals surface area contributed by atoms with Crippen LogP contribution in [0.3, 0.4) is 0 Å². The third kappa shape index (κ3) is 3.57. The fourth-order valence-corrected chi connectivity index (χ4v) is 3.58. The lowest BCUT2D eigenvalue weighted by Crippen LogP contribution is -2.35. The summed E-state index contributed by atoms with van der Waals surface area (Å²) in [4.78, 5) is 12.5. The lowest BCUT2D eigenvalue weighted by Gasteiger charge is -2.32. The molecule has 3 aromatic rings. The van der Waals surface area contributed by atoms with Crippen LogP contribution in [0, 0.1) is 0 Å². The monoisotopic (exact) mass is 351 g/mol. The first-order chi connectivity index (χ1) is 12.7. The average molecular weight is 351 g/mol. The van der Waals surface area contributed by atoms with Gasteiger partial charge in [0.05, 0.1) is 0 Å². The first-order valence-electron chi connectivity index (χ1n) is 9.14. The topological polar surface area (TPSA) is 88.8 Å². The second-order valence-corrected chi connectivity index (χ2v) is 6.99. The lowest BCUT2D eigenvalue weighted by atomic mass is 9.78. The van der Waals surface area contributed by atoms with Crippen LogP contribution in [0.2, 0.25) is 0 Å². The summed E-state index contributed by atoms with van der Waals surface area (Å²) in [6.07, 6.45) is 5.01. The van der Waals surface area contributed by atoms with Crippen LogP contribution in [-0.2, 0) is 17.8 Å². The van der Waals surface area contributed by atoms with Gasteiger partial charge in [-0.2, -0.15) is 0 Å². The van der Waals surface area contributed by atoms with Crippen LogP contribution in [-0.4, -0.2) is 34.6 Å². The molecule has 4 rings (SSSR count). The van der Waals surface area contributed by atoms with E-state index < -0.39 is 0 Å².